The van der Waals surface area contributed by atoms with Crippen LogP contribution in [0.5, 0.6) is 0 Å². The van der Waals surface area contributed by atoms with Crippen molar-refractivity contribution in [1.82, 2.24) is 0 Å². The molecule has 0 atom stereocenters. The second kappa shape index (κ2) is 5.22. The number of nitrogens with one attached hydrogen (secondary N) is 1. The number of nitrogens with two attached hydrogens (primary N) is 1. The molecule has 0 bridgehead atoms. The molecule has 0 aliphatic heterocycles. The Bertz CT molecular complexity index is 474. The van der Waals surface area contributed by atoms with E-state index in [1.165, 1.54) is 25.1 Å². The highest BCUT2D eigenvalue weighted by Gasteiger charge is 2.61. The molecular formula is C11H10F6N2O. The van der Waals surface area contributed by atoms with Crippen LogP contribution in [0.2, 0.25) is 0 Å². The fourth-order valence-corrected chi connectivity index (χ4v) is 1.54. The number of carbonyl (C=O) groups excluding carboxylic acids is 1. The highest BCUT2D eigenvalue weighted by molar-refractivity contribution is 5.97. The molecule has 0 saturated heterocycles. The number of para-hydroxylation sites is 1. The molecule has 1 aromatic rings. The second-order valence-electron chi connectivity index (χ2n) is 4.04. The fraction of sp³-hybridized carbons (Fsp3) is 0.364. The molecule has 0 heterocycles. The Hall–Kier alpha value is -1.93. The number of hydrogen-bond donors (Lipinski definition) is 2. The Balaban J connectivity index is 3.11. The molecule has 0 aliphatic rings. The number of aryl methyl sites for hydroxylation is 1. The first-order valence-electron chi connectivity index (χ1n) is 5.24. The van der Waals surface area contributed by atoms with Gasteiger partial charge in [-0.1, -0.05) is 12.1 Å². The monoisotopic (exact) mass is 300 g/mol. The smallest absolute Gasteiger partial charge is 0.397 e. The van der Waals surface area contributed by atoms with Gasteiger partial charge in [-0.3, -0.25) is 4.79 Å². The zero-order chi connectivity index (χ0) is 15.7. The summed E-state index contributed by atoms with van der Waals surface area (Å²) in [5.41, 5.74) is 5.27. The van der Waals surface area contributed by atoms with E-state index in [2.05, 4.69) is 0 Å². The molecule has 112 valence electrons. The van der Waals surface area contributed by atoms with Crippen LogP contribution >= 0.6 is 0 Å². The van der Waals surface area contributed by atoms with Gasteiger partial charge in [0.15, 0.2) is 0 Å². The number of nitrogen functional groups attached to an aromatic ring is 1. The number of rotatable bonds is 2. The zero-order valence-electron chi connectivity index (χ0n) is 10.1. The van der Waals surface area contributed by atoms with E-state index in [-0.39, 0.29) is 16.9 Å². The standard InChI is InChI=1S/C11H10F6N2O/c1-5-3-2-4-6(18)7(5)19-9(20)8(10(12,13)14)11(15,16)17/h2-4,8H,18H2,1H3,(H,19,20). The van der Waals surface area contributed by atoms with Crippen LogP contribution in [0.15, 0.2) is 18.2 Å². The Labute approximate surface area is 109 Å². The summed E-state index contributed by atoms with van der Waals surface area (Å²) in [6.07, 6.45) is -11.5. The van der Waals surface area contributed by atoms with E-state index in [9.17, 15) is 31.1 Å². The van der Waals surface area contributed by atoms with Crippen molar-refractivity contribution in [2.45, 2.75) is 19.3 Å². The number of benzene rings is 1. The van der Waals surface area contributed by atoms with Crippen LogP contribution in [0.4, 0.5) is 37.7 Å². The van der Waals surface area contributed by atoms with Crippen molar-refractivity contribution in [3.63, 3.8) is 0 Å². The zero-order valence-corrected chi connectivity index (χ0v) is 10.1. The quantitative estimate of drug-likeness (QED) is 0.650. The Morgan fingerprint density at radius 1 is 1.15 bits per heavy atom. The first-order valence-corrected chi connectivity index (χ1v) is 5.24. The van der Waals surface area contributed by atoms with E-state index < -0.39 is 24.2 Å². The summed E-state index contributed by atoms with van der Waals surface area (Å²) in [6.45, 7) is 1.39. The van der Waals surface area contributed by atoms with Crippen molar-refractivity contribution in [3.05, 3.63) is 23.8 Å². The van der Waals surface area contributed by atoms with Crippen molar-refractivity contribution in [2.75, 3.05) is 11.1 Å². The van der Waals surface area contributed by atoms with E-state index in [4.69, 9.17) is 5.73 Å². The first kappa shape index (κ1) is 16.1. The van der Waals surface area contributed by atoms with Crippen molar-refractivity contribution in [1.29, 1.82) is 0 Å². The lowest BCUT2D eigenvalue weighted by Gasteiger charge is -2.22. The lowest BCUT2D eigenvalue weighted by molar-refractivity contribution is -0.272. The van der Waals surface area contributed by atoms with Gasteiger partial charge < -0.3 is 11.1 Å². The van der Waals surface area contributed by atoms with Gasteiger partial charge in [-0.2, -0.15) is 26.3 Å². The lowest BCUT2D eigenvalue weighted by Crippen LogP contribution is -2.45. The van der Waals surface area contributed by atoms with Crippen LogP contribution in [-0.2, 0) is 4.79 Å². The first-order chi connectivity index (χ1) is 8.94. The largest absolute Gasteiger partial charge is 0.409 e. The van der Waals surface area contributed by atoms with E-state index in [1.807, 2.05) is 0 Å². The minimum Gasteiger partial charge on any atom is -0.397 e. The van der Waals surface area contributed by atoms with Crippen molar-refractivity contribution in [3.8, 4) is 0 Å². The average Bonchev–Trinajstić information content (AvgIpc) is 2.19. The van der Waals surface area contributed by atoms with Gasteiger partial charge >= 0.3 is 12.4 Å². The third kappa shape index (κ3) is 3.55. The molecule has 0 aromatic heterocycles. The van der Waals surface area contributed by atoms with Gasteiger partial charge in [0.05, 0.1) is 11.4 Å². The van der Waals surface area contributed by atoms with Gasteiger partial charge in [0.1, 0.15) is 0 Å². The molecule has 0 radical (unpaired) electrons. The van der Waals surface area contributed by atoms with E-state index in [0.717, 1.165) is 0 Å². The maximum Gasteiger partial charge on any atom is 0.409 e. The topological polar surface area (TPSA) is 55.1 Å². The Morgan fingerprint density at radius 3 is 2.05 bits per heavy atom. The van der Waals surface area contributed by atoms with Crippen molar-refractivity contribution < 1.29 is 31.1 Å². The van der Waals surface area contributed by atoms with E-state index in [1.54, 1.807) is 5.32 Å². The van der Waals surface area contributed by atoms with Gasteiger partial charge in [-0.25, -0.2) is 0 Å². The van der Waals surface area contributed by atoms with Crippen LogP contribution in [0.1, 0.15) is 5.56 Å². The second-order valence-corrected chi connectivity index (χ2v) is 4.04. The third-order valence-corrected chi connectivity index (χ3v) is 2.47. The molecular weight excluding hydrogens is 290 g/mol. The van der Waals surface area contributed by atoms with Gasteiger partial charge in [0.25, 0.3) is 0 Å². The van der Waals surface area contributed by atoms with Crippen molar-refractivity contribution in [2.24, 2.45) is 5.92 Å². The third-order valence-electron chi connectivity index (χ3n) is 2.47. The molecule has 0 saturated carbocycles. The molecule has 1 aromatic carbocycles. The SMILES string of the molecule is Cc1cccc(N)c1NC(=O)C(C(F)(F)F)C(F)(F)F. The highest BCUT2D eigenvalue weighted by atomic mass is 19.4. The summed E-state index contributed by atoms with van der Waals surface area (Å²) in [4.78, 5) is 11.3. The lowest BCUT2D eigenvalue weighted by atomic mass is 10.1. The van der Waals surface area contributed by atoms with Crippen LogP contribution in [0.3, 0.4) is 0 Å². The minimum atomic E-state index is -5.74. The average molecular weight is 300 g/mol. The molecule has 1 rings (SSSR count). The summed E-state index contributed by atoms with van der Waals surface area (Å²) in [6, 6.07) is 4.09. The maximum atomic E-state index is 12.4. The summed E-state index contributed by atoms with van der Waals surface area (Å²) >= 11 is 0. The predicted molar refractivity (Wildman–Crippen MR) is 59.8 cm³/mol. The molecule has 3 nitrogen and oxygen atoms in total. The molecule has 0 unspecified atom stereocenters. The Morgan fingerprint density at radius 2 is 1.65 bits per heavy atom. The summed E-state index contributed by atoms with van der Waals surface area (Å²) in [7, 11) is 0. The summed E-state index contributed by atoms with van der Waals surface area (Å²) in [5.74, 6) is -6.32. The highest BCUT2D eigenvalue weighted by Crippen LogP contribution is 2.40. The summed E-state index contributed by atoms with van der Waals surface area (Å²) in [5, 5.41) is 1.59. The van der Waals surface area contributed by atoms with Crippen molar-refractivity contribution >= 4 is 17.3 Å². The van der Waals surface area contributed by atoms with Crippen LogP contribution in [0, 0.1) is 12.8 Å². The number of hydrogen-bond acceptors (Lipinski definition) is 2. The van der Waals surface area contributed by atoms with Gasteiger partial charge in [-0.05, 0) is 18.6 Å². The van der Waals surface area contributed by atoms with Crippen LogP contribution in [0.25, 0.3) is 0 Å². The molecule has 9 heteroatoms. The normalized spacial score (nSPS) is 12.6. The minimum absolute atomic E-state index is 0.124. The number of anilines is 2. The summed E-state index contributed by atoms with van der Waals surface area (Å²) < 4.78 is 74.1. The predicted octanol–water partition coefficient (Wildman–Crippen LogP) is 3.26. The molecule has 0 spiro atoms. The molecule has 1 amide bonds. The van der Waals surface area contributed by atoms with E-state index in [0.29, 0.717) is 0 Å². The maximum absolute atomic E-state index is 12.4. The van der Waals surface area contributed by atoms with Gasteiger partial charge in [0.2, 0.25) is 11.8 Å². The molecule has 0 fully saturated rings. The van der Waals surface area contributed by atoms with Gasteiger partial charge in [0, 0.05) is 0 Å². The number of carbonyl (C=O) groups is 1. The number of halogens is 6. The number of amides is 1. The Kier molecular flexibility index (Phi) is 4.21. The molecule has 0 aliphatic carbocycles. The molecule has 3 N–H and O–H groups in total. The van der Waals surface area contributed by atoms with E-state index >= 15 is 0 Å². The number of alkyl halides is 6. The van der Waals surface area contributed by atoms with Crippen LogP contribution in [-0.4, -0.2) is 18.3 Å². The van der Waals surface area contributed by atoms with Crippen LogP contribution < -0.4 is 11.1 Å². The van der Waals surface area contributed by atoms with Gasteiger partial charge in [-0.15, -0.1) is 0 Å². The molecule has 20 heavy (non-hydrogen) atoms. The fourth-order valence-electron chi connectivity index (χ4n) is 1.54.